The maximum absolute atomic E-state index is 9.69. The summed E-state index contributed by atoms with van der Waals surface area (Å²) >= 11 is 0. The van der Waals surface area contributed by atoms with E-state index in [1.165, 1.54) is 58.2 Å². The summed E-state index contributed by atoms with van der Waals surface area (Å²) in [7, 11) is 0. The molecule has 0 radical (unpaired) electrons. The molecule has 0 spiro atoms. The van der Waals surface area contributed by atoms with Crippen molar-refractivity contribution in [1.82, 2.24) is 9.80 Å². The molecule has 2 atom stereocenters. The van der Waals surface area contributed by atoms with E-state index in [1.54, 1.807) is 0 Å². The molecule has 0 bridgehead atoms. The number of nitrogens with zero attached hydrogens (tertiary/aromatic N) is 2. The van der Waals surface area contributed by atoms with Crippen molar-refractivity contribution in [3.8, 4) is 0 Å². The van der Waals surface area contributed by atoms with Gasteiger partial charge >= 0.3 is 0 Å². The van der Waals surface area contributed by atoms with Crippen LogP contribution in [0.15, 0.2) is 0 Å². The van der Waals surface area contributed by atoms with Crippen molar-refractivity contribution >= 4 is 0 Å². The molecule has 0 amide bonds. The second-order valence-corrected chi connectivity index (χ2v) is 7.15. The third-order valence-corrected chi connectivity index (χ3v) is 5.63. The molecule has 3 N–H and O–H groups in total. The fraction of sp³-hybridized carbons (Fsp3) is 1.00. The molecule has 1 aliphatic carbocycles. The summed E-state index contributed by atoms with van der Waals surface area (Å²) in [4.78, 5) is 5.10. The van der Waals surface area contributed by atoms with Gasteiger partial charge in [-0.15, -0.1) is 0 Å². The summed E-state index contributed by atoms with van der Waals surface area (Å²) in [5, 5.41) is 9.69. The minimum absolute atomic E-state index is 0.190. The molecule has 0 aromatic rings. The number of nitrogens with two attached hydrogens (primary N) is 1. The molecule has 2 saturated heterocycles. The zero-order valence-electron chi connectivity index (χ0n) is 12.7. The van der Waals surface area contributed by atoms with E-state index in [2.05, 4.69) is 9.80 Å². The highest BCUT2D eigenvalue weighted by atomic mass is 16.3. The Morgan fingerprint density at radius 2 is 1.65 bits per heavy atom. The van der Waals surface area contributed by atoms with Crippen LogP contribution in [-0.4, -0.2) is 66.3 Å². The van der Waals surface area contributed by atoms with Gasteiger partial charge in [-0.3, -0.25) is 4.90 Å². The number of hydrogen-bond acceptors (Lipinski definition) is 4. The Labute approximate surface area is 123 Å². The maximum Gasteiger partial charge on any atom is 0.0602 e. The molecule has 116 valence electrons. The van der Waals surface area contributed by atoms with Gasteiger partial charge in [-0.05, 0) is 76.5 Å². The average Bonchev–Trinajstić information content (AvgIpc) is 3.20. The lowest BCUT2D eigenvalue weighted by Crippen LogP contribution is -2.54. The monoisotopic (exact) mass is 281 g/mol. The molecule has 3 aliphatic rings. The smallest absolute Gasteiger partial charge is 0.0602 e. The third kappa shape index (κ3) is 3.53. The summed E-state index contributed by atoms with van der Waals surface area (Å²) in [6, 6.07) is 0.394. The quantitative estimate of drug-likeness (QED) is 0.759. The molecule has 0 aromatic heterocycles. The van der Waals surface area contributed by atoms with Gasteiger partial charge in [0.2, 0.25) is 0 Å². The van der Waals surface area contributed by atoms with Crippen molar-refractivity contribution in [2.45, 2.75) is 50.6 Å². The molecular formula is C16H31N3O. The fourth-order valence-corrected chi connectivity index (χ4v) is 4.07. The van der Waals surface area contributed by atoms with E-state index >= 15 is 0 Å². The molecule has 2 unspecified atom stereocenters. The van der Waals surface area contributed by atoms with Crippen molar-refractivity contribution in [2.24, 2.45) is 17.6 Å². The van der Waals surface area contributed by atoms with Crippen LogP contribution >= 0.6 is 0 Å². The lowest BCUT2D eigenvalue weighted by atomic mass is 9.93. The van der Waals surface area contributed by atoms with Crippen LogP contribution in [0.1, 0.15) is 38.5 Å². The molecule has 4 nitrogen and oxygen atoms in total. The Balaban J connectivity index is 1.44. The van der Waals surface area contributed by atoms with Gasteiger partial charge in [-0.1, -0.05) is 0 Å². The van der Waals surface area contributed by atoms with Gasteiger partial charge < -0.3 is 15.7 Å². The van der Waals surface area contributed by atoms with Crippen LogP contribution in [-0.2, 0) is 0 Å². The first-order valence-electron chi connectivity index (χ1n) is 8.61. The van der Waals surface area contributed by atoms with Gasteiger partial charge in [0.25, 0.3) is 0 Å². The number of aliphatic hydroxyl groups excluding tert-OH is 1. The standard InChI is InChI=1S/C16H31N3O/c17-16(14-3-4-14)15(12-20)19-9-5-13(6-10-19)11-18-7-1-2-8-18/h13-16,20H,1-12,17H2. The zero-order chi connectivity index (χ0) is 13.9. The van der Waals surface area contributed by atoms with Crippen LogP contribution in [0, 0.1) is 11.8 Å². The van der Waals surface area contributed by atoms with E-state index in [0.29, 0.717) is 5.92 Å². The van der Waals surface area contributed by atoms with Crippen LogP contribution in [0.3, 0.4) is 0 Å². The molecule has 2 heterocycles. The Bertz CT molecular complexity index is 294. The lowest BCUT2D eigenvalue weighted by molar-refractivity contribution is 0.0608. The van der Waals surface area contributed by atoms with E-state index in [9.17, 15) is 5.11 Å². The van der Waals surface area contributed by atoms with Crippen LogP contribution in [0.25, 0.3) is 0 Å². The second kappa shape index (κ2) is 6.73. The van der Waals surface area contributed by atoms with E-state index in [-0.39, 0.29) is 18.7 Å². The molecule has 2 aliphatic heterocycles. The van der Waals surface area contributed by atoms with Crippen molar-refractivity contribution < 1.29 is 5.11 Å². The van der Waals surface area contributed by atoms with Crippen LogP contribution in [0.5, 0.6) is 0 Å². The Hall–Kier alpha value is -0.160. The van der Waals surface area contributed by atoms with Crippen molar-refractivity contribution in [1.29, 1.82) is 0 Å². The van der Waals surface area contributed by atoms with Crippen molar-refractivity contribution in [2.75, 3.05) is 39.3 Å². The van der Waals surface area contributed by atoms with Crippen molar-refractivity contribution in [3.05, 3.63) is 0 Å². The second-order valence-electron chi connectivity index (χ2n) is 7.15. The normalized spacial score (nSPS) is 29.7. The number of piperidine rings is 1. The van der Waals surface area contributed by atoms with E-state index in [0.717, 1.165) is 19.0 Å². The first-order valence-corrected chi connectivity index (χ1v) is 8.61. The van der Waals surface area contributed by atoms with E-state index in [4.69, 9.17) is 5.73 Å². The summed E-state index contributed by atoms with van der Waals surface area (Å²) in [6.07, 6.45) is 7.88. The van der Waals surface area contributed by atoms with E-state index in [1.807, 2.05) is 0 Å². The summed E-state index contributed by atoms with van der Waals surface area (Å²) in [5.41, 5.74) is 6.32. The van der Waals surface area contributed by atoms with Gasteiger partial charge in [0, 0.05) is 18.6 Å². The molecular weight excluding hydrogens is 250 g/mol. The van der Waals surface area contributed by atoms with Gasteiger partial charge in [-0.25, -0.2) is 0 Å². The number of rotatable bonds is 6. The van der Waals surface area contributed by atoms with Crippen LogP contribution < -0.4 is 5.73 Å². The maximum atomic E-state index is 9.69. The molecule has 20 heavy (non-hydrogen) atoms. The number of likely N-dealkylation sites (tertiary alicyclic amines) is 2. The Kier molecular flexibility index (Phi) is 4.97. The van der Waals surface area contributed by atoms with Gasteiger partial charge in [0.1, 0.15) is 0 Å². The van der Waals surface area contributed by atoms with Crippen LogP contribution in [0.4, 0.5) is 0 Å². The SMILES string of the molecule is NC(C1CC1)C(CO)N1CCC(CN2CCCC2)CC1. The molecule has 1 saturated carbocycles. The van der Waals surface area contributed by atoms with Gasteiger partial charge in [0.05, 0.1) is 6.61 Å². The van der Waals surface area contributed by atoms with Crippen molar-refractivity contribution in [3.63, 3.8) is 0 Å². The predicted molar refractivity (Wildman–Crippen MR) is 81.5 cm³/mol. The largest absolute Gasteiger partial charge is 0.395 e. The Morgan fingerprint density at radius 1 is 1.00 bits per heavy atom. The Morgan fingerprint density at radius 3 is 2.20 bits per heavy atom. The number of aliphatic hydroxyl groups is 1. The first kappa shape index (κ1) is 14.8. The van der Waals surface area contributed by atoms with Crippen LogP contribution in [0.2, 0.25) is 0 Å². The lowest BCUT2D eigenvalue weighted by Gasteiger charge is -2.40. The van der Waals surface area contributed by atoms with Gasteiger partial charge in [0.15, 0.2) is 0 Å². The molecule has 0 aromatic carbocycles. The highest BCUT2D eigenvalue weighted by Gasteiger charge is 2.37. The third-order valence-electron chi connectivity index (χ3n) is 5.63. The number of hydrogen-bond donors (Lipinski definition) is 2. The first-order chi connectivity index (χ1) is 9.78. The molecule has 4 heteroatoms. The molecule has 3 rings (SSSR count). The summed E-state index contributed by atoms with van der Waals surface area (Å²) in [6.45, 7) is 6.41. The highest BCUT2D eigenvalue weighted by Crippen LogP contribution is 2.34. The minimum Gasteiger partial charge on any atom is -0.395 e. The minimum atomic E-state index is 0.190. The summed E-state index contributed by atoms with van der Waals surface area (Å²) in [5.74, 6) is 1.54. The topological polar surface area (TPSA) is 52.7 Å². The predicted octanol–water partition coefficient (Wildman–Crippen LogP) is 0.892. The molecule has 3 fully saturated rings. The fourth-order valence-electron chi connectivity index (χ4n) is 4.07. The average molecular weight is 281 g/mol. The zero-order valence-corrected chi connectivity index (χ0v) is 12.7. The van der Waals surface area contributed by atoms with E-state index < -0.39 is 0 Å². The van der Waals surface area contributed by atoms with Gasteiger partial charge in [-0.2, -0.15) is 0 Å². The highest BCUT2D eigenvalue weighted by molar-refractivity contribution is 4.94. The summed E-state index contributed by atoms with van der Waals surface area (Å²) < 4.78 is 0.